The molecule has 0 atom stereocenters. The molecule has 0 bridgehead atoms. The van der Waals surface area contributed by atoms with Crippen molar-refractivity contribution in [2.75, 3.05) is 9.62 Å². The normalized spacial score (nSPS) is 16.4. The average molecular weight is 422 g/mol. The van der Waals surface area contributed by atoms with Gasteiger partial charge in [0.25, 0.3) is 10.0 Å². The Kier molecular flexibility index (Phi) is 5.13. The standard InChI is InChI=1S/C23H19FN2O3S/c1-16-6-8-17(9-7-16)15-26-21-5-3-2-4-20(21)23(27)22(30(26,28)29)14-25-19-12-10-18(24)11-13-19/h2-14,25H,15H2,1H3. The lowest BCUT2D eigenvalue weighted by Crippen LogP contribution is -2.39. The van der Waals surface area contributed by atoms with Gasteiger partial charge < -0.3 is 5.32 Å². The number of benzene rings is 3. The number of carbonyl (C=O) groups excluding carboxylic acids is 1. The second-order valence-electron chi connectivity index (χ2n) is 7.00. The number of para-hydroxylation sites is 1. The zero-order chi connectivity index (χ0) is 21.3. The van der Waals surface area contributed by atoms with Crippen molar-refractivity contribution in [2.45, 2.75) is 13.5 Å². The number of fused-ring (bicyclic) bond motifs is 1. The van der Waals surface area contributed by atoms with Gasteiger partial charge in [0.05, 0.1) is 12.2 Å². The predicted molar refractivity (Wildman–Crippen MR) is 115 cm³/mol. The van der Waals surface area contributed by atoms with E-state index in [0.29, 0.717) is 16.9 Å². The van der Waals surface area contributed by atoms with Crippen LogP contribution in [-0.4, -0.2) is 14.2 Å². The molecule has 1 aliphatic heterocycles. The van der Waals surface area contributed by atoms with Crippen molar-refractivity contribution in [3.8, 4) is 0 Å². The first-order valence-corrected chi connectivity index (χ1v) is 10.7. The van der Waals surface area contributed by atoms with E-state index >= 15 is 0 Å². The largest absolute Gasteiger partial charge is 0.360 e. The molecule has 0 amide bonds. The Labute approximate surface area is 174 Å². The number of allylic oxidation sites excluding steroid dienone is 1. The molecule has 7 heteroatoms. The molecule has 1 N–H and O–H groups in total. The molecule has 4 rings (SSSR count). The van der Waals surface area contributed by atoms with Crippen LogP contribution in [-0.2, 0) is 16.6 Å². The minimum atomic E-state index is -4.11. The van der Waals surface area contributed by atoms with Crippen molar-refractivity contribution < 1.29 is 17.6 Å². The lowest BCUT2D eigenvalue weighted by Gasteiger charge is -2.31. The molecule has 0 spiro atoms. The Morgan fingerprint density at radius 3 is 2.33 bits per heavy atom. The van der Waals surface area contributed by atoms with Gasteiger partial charge in [-0.1, -0.05) is 42.0 Å². The molecular weight excluding hydrogens is 403 g/mol. The first-order valence-electron chi connectivity index (χ1n) is 9.30. The third-order valence-corrected chi connectivity index (χ3v) is 6.64. The maximum absolute atomic E-state index is 13.4. The number of aryl methyl sites for hydroxylation is 1. The lowest BCUT2D eigenvalue weighted by atomic mass is 10.1. The SMILES string of the molecule is Cc1ccc(CN2c3ccccc3C(=O)C(=CNc3ccc(F)cc3)S2(=O)=O)cc1. The van der Waals surface area contributed by atoms with Crippen LogP contribution in [0.5, 0.6) is 0 Å². The second kappa shape index (κ2) is 7.76. The monoisotopic (exact) mass is 422 g/mol. The predicted octanol–water partition coefficient (Wildman–Crippen LogP) is 4.62. The van der Waals surface area contributed by atoms with Gasteiger partial charge in [-0.3, -0.25) is 9.10 Å². The number of ketones is 1. The van der Waals surface area contributed by atoms with Gasteiger partial charge in [0, 0.05) is 17.5 Å². The van der Waals surface area contributed by atoms with Gasteiger partial charge >= 0.3 is 0 Å². The van der Waals surface area contributed by atoms with E-state index in [9.17, 15) is 17.6 Å². The van der Waals surface area contributed by atoms with Crippen molar-refractivity contribution in [1.82, 2.24) is 0 Å². The van der Waals surface area contributed by atoms with Crippen LogP contribution in [0, 0.1) is 12.7 Å². The Hall–Kier alpha value is -3.45. The summed E-state index contributed by atoms with van der Waals surface area (Å²) in [6, 6.07) is 19.6. The Morgan fingerprint density at radius 2 is 1.63 bits per heavy atom. The third kappa shape index (κ3) is 3.71. The summed E-state index contributed by atoms with van der Waals surface area (Å²) < 4.78 is 41.1. The van der Waals surface area contributed by atoms with Gasteiger partial charge in [-0.15, -0.1) is 0 Å². The summed E-state index contributed by atoms with van der Waals surface area (Å²) in [7, 11) is -4.11. The quantitative estimate of drug-likeness (QED) is 0.623. The van der Waals surface area contributed by atoms with Crippen molar-refractivity contribution in [1.29, 1.82) is 0 Å². The van der Waals surface area contributed by atoms with Gasteiger partial charge in [0.1, 0.15) is 5.82 Å². The highest BCUT2D eigenvalue weighted by Crippen LogP contribution is 2.36. The number of sulfonamides is 1. The highest BCUT2D eigenvalue weighted by molar-refractivity contribution is 7.97. The molecule has 5 nitrogen and oxygen atoms in total. The van der Waals surface area contributed by atoms with E-state index in [0.717, 1.165) is 11.1 Å². The van der Waals surface area contributed by atoms with Crippen molar-refractivity contribution in [3.05, 3.63) is 106 Å². The summed E-state index contributed by atoms with van der Waals surface area (Å²) in [5.41, 5.74) is 3.00. The van der Waals surface area contributed by atoms with E-state index in [2.05, 4.69) is 5.32 Å². The fraction of sp³-hybridized carbons (Fsp3) is 0.0870. The number of hydrogen-bond donors (Lipinski definition) is 1. The summed E-state index contributed by atoms with van der Waals surface area (Å²) in [6.45, 7) is 2.05. The maximum atomic E-state index is 13.4. The molecule has 0 unspecified atom stereocenters. The summed E-state index contributed by atoms with van der Waals surface area (Å²) >= 11 is 0. The average Bonchev–Trinajstić information content (AvgIpc) is 2.73. The first kappa shape index (κ1) is 19.8. The van der Waals surface area contributed by atoms with Crippen LogP contribution in [0.3, 0.4) is 0 Å². The van der Waals surface area contributed by atoms with Crippen molar-refractivity contribution in [2.24, 2.45) is 0 Å². The summed E-state index contributed by atoms with van der Waals surface area (Å²) in [5, 5.41) is 2.79. The molecule has 152 valence electrons. The molecule has 1 heterocycles. The van der Waals surface area contributed by atoms with Gasteiger partial charge in [0.2, 0.25) is 5.78 Å². The maximum Gasteiger partial charge on any atom is 0.270 e. The zero-order valence-corrected chi connectivity index (χ0v) is 17.0. The van der Waals surface area contributed by atoms with Gasteiger partial charge in [-0.05, 0) is 48.9 Å². The van der Waals surface area contributed by atoms with Crippen LogP contribution in [0.4, 0.5) is 15.8 Å². The van der Waals surface area contributed by atoms with Crippen molar-refractivity contribution >= 4 is 27.2 Å². The Bertz CT molecular complexity index is 1230. The van der Waals surface area contributed by atoms with Crippen molar-refractivity contribution in [3.63, 3.8) is 0 Å². The van der Waals surface area contributed by atoms with Crippen LogP contribution in [0.1, 0.15) is 21.5 Å². The number of Topliss-reactive ketones (excluding diaryl/α,β-unsaturated/α-hetero) is 1. The number of nitrogens with zero attached hydrogens (tertiary/aromatic N) is 1. The molecule has 0 saturated carbocycles. The number of hydrogen-bond acceptors (Lipinski definition) is 4. The van der Waals surface area contributed by atoms with Gasteiger partial charge in [-0.25, -0.2) is 12.8 Å². The zero-order valence-electron chi connectivity index (χ0n) is 16.2. The van der Waals surface area contributed by atoms with E-state index in [-0.39, 0.29) is 11.4 Å². The molecule has 3 aromatic carbocycles. The minimum absolute atomic E-state index is 0.0980. The molecule has 3 aromatic rings. The topological polar surface area (TPSA) is 66.5 Å². The third-order valence-electron chi connectivity index (χ3n) is 4.87. The molecule has 0 aromatic heterocycles. The molecule has 30 heavy (non-hydrogen) atoms. The molecule has 0 fully saturated rings. The fourth-order valence-electron chi connectivity index (χ4n) is 3.25. The summed E-state index contributed by atoms with van der Waals surface area (Å²) in [6.07, 6.45) is 1.17. The van der Waals surface area contributed by atoms with E-state index in [1.807, 2.05) is 31.2 Å². The number of carbonyl (C=O) groups is 1. The Morgan fingerprint density at radius 1 is 0.967 bits per heavy atom. The molecule has 0 aliphatic carbocycles. The molecule has 1 aliphatic rings. The number of halogens is 1. The minimum Gasteiger partial charge on any atom is -0.360 e. The summed E-state index contributed by atoms with van der Waals surface area (Å²) in [5.74, 6) is -0.992. The molecule has 0 radical (unpaired) electrons. The second-order valence-corrected chi connectivity index (χ2v) is 8.83. The highest BCUT2D eigenvalue weighted by Gasteiger charge is 2.40. The van der Waals surface area contributed by atoms with Crippen LogP contribution in [0.2, 0.25) is 0 Å². The summed E-state index contributed by atoms with van der Waals surface area (Å²) in [4.78, 5) is 12.6. The first-order chi connectivity index (χ1) is 14.4. The van der Waals surface area contributed by atoms with E-state index in [1.54, 1.807) is 24.3 Å². The van der Waals surface area contributed by atoms with E-state index in [4.69, 9.17) is 0 Å². The lowest BCUT2D eigenvalue weighted by molar-refractivity contribution is 0.104. The Balaban J connectivity index is 1.76. The smallest absolute Gasteiger partial charge is 0.270 e. The molecular formula is C23H19FN2O3S. The van der Waals surface area contributed by atoms with Crippen LogP contribution < -0.4 is 9.62 Å². The van der Waals surface area contributed by atoms with Crippen LogP contribution >= 0.6 is 0 Å². The van der Waals surface area contributed by atoms with E-state index in [1.165, 1.54) is 34.8 Å². The number of anilines is 2. The number of nitrogens with one attached hydrogen (secondary N) is 1. The van der Waals surface area contributed by atoms with Gasteiger partial charge in [-0.2, -0.15) is 0 Å². The van der Waals surface area contributed by atoms with E-state index < -0.39 is 21.6 Å². The van der Waals surface area contributed by atoms with Crippen LogP contribution in [0.15, 0.2) is 83.9 Å². The fourth-order valence-corrected chi connectivity index (χ4v) is 4.77. The van der Waals surface area contributed by atoms with Crippen LogP contribution in [0.25, 0.3) is 0 Å². The molecule has 0 saturated heterocycles. The van der Waals surface area contributed by atoms with Gasteiger partial charge in [0.15, 0.2) is 4.91 Å². The number of rotatable bonds is 4. The highest BCUT2D eigenvalue weighted by atomic mass is 32.2.